The van der Waals surface area contributed by atoms with Gasteiger partial charge in [-0.2, -0.15) is 4.98 Å². The number of ether oxygens (including phenoxy) is 1. The molecule has 4 N–H and O–H groups in total. The Kier molecular flexibility index (Phi) is 3.05. The highest BCUT2D eigenvalue weighted by atomic mass is 19.2. The molecule has 1 aliphatic heterocycles. The lowest BCUT2D eigenvalue weighted by Crippen LogP contribution is -2.43. The van der Waals surface area contributed by atoms with Crippen LogP contribution >= 0.6 is 0 Å². The maximum Gasteiger partial charge on any atom is 0.351 e. The zero-order chi connectivity index (χ0) is 13.5. The molecule has 1 aromatic heterocycles. The first-order chi connectivity index (χ1) is 8.37. The fourth-order valence-electron chi connectivity index (χ4n) is 1.71. The zero-order valence-corrected chi connectivity index (χ0v) is 9.03. The lowest BCUT2D eigenvalue weighted by Gasteiger charge is -2.18. The van der Waals surface area contributed by atoms with E-state index in [1.54, 1.807) is 0 Å². The fraction of sp³-hybridized carbons (Fsp3) is 0.556. The third-order valence-corrected chi connectivity index (χ3v) is 2.68. The summed E-state index contributed by atoms with van der Waals surface area (Å²) in [4.78, 5) is 14.8. The molecule has 1 saturated heterocycles. The van der Waals surface area contributed by atoms with Crippen molar-refractivity contribution in [1.82, 2.24) is 9.55 Å². The first kappa shape index (κ1) is 12.9. The van der Waals surface area contributed by atoms with Crippen LogP contribution in [0.4, 0.5) is 14.6 Å². The van der Waals surface area contributed by atoms with E-state index in [1.807, 2.05) is 0 Å². The van der Waals surface area contributed by atoms with Gasteiger partial charge in [-0.1, -0.05) is 0 Å². The van der Waals surface area contributed by atoms with Crippen LogP contribution in [0.2, 0.25) is 0 Å². The van der Waals surface area contributed by atoms with Gasteiger partial charge in [0.2, 0.25) is 6.17 Å². The lowest BCUT2D eigenvalue weighted by atomic mass is 10.1. The van der Waals surface area contributed by atoms with Crippen LogP contribution < -0.4 is 11.4 Å². The van der Waals surface area contributed by atoms with Crippen LogP contribution in [0.3, 0.4) is 0 Å². The molecular weight excluding hydrogens is 252 g/mol. The number of aliphatic hydroxyl groups excluding tert-OH is 1. The molecule has 1 fully saturated rings. The van der Waals surface area contributed by atoms with Crippen molar-refractivity contribution in [3.63, 3.8) is 0 Å². The maximum atomic E-state index is 13.7. The number of nitrogens with zero attached hydrogens (tertiary/aromatic N) is 2. The van der Waals surface area contributed by atoms with Crippen LogP contribution in [0, 0.1) is 0 Å². The number of nitrogen functional groups attached to an aromatic ring is 1. The van der Waals surface area contributed by atoms with Crippen LogP contribution in [-0.4, -0.2) is 44.5 Å². The molecule has 2 rings (SSSR count). The maximum absolute atomic E-state index is 13.7. The van der Waals surface area contributed by atoms with Crippen molar-refractivity contribution in [2.45, 2.75) is 24.4 Å². The Bertz CT molecular complexity index is 507. The normalized spacial score (nSPS) is 35.9. The summed E-state index contributed by atoms with van der Waals surface area (Å²) in [5.41, 5.74) is 4.30. The van der Waals surface area contributed by atoms with Gasteiger partial charge in [0.25, 0.3) is 5.85 Å². The second-order valence-corrected chi connectivity index (χ2v) is 3.87. The number of alkyl halides is 2. The molecule has 18 heavy (non-hydrogen) atoms. The number of hydrogen-bond donors (Lipinski definition) is 3. The van der Waals surface area contributed by atoms with E-state index in [-0.39, 0.29) is 5.82 Å². The van der Waals surface area contributed by atoms with Crippen LogP contribution in [-0.2, 0) is 4.74 Å². The summed E-state index contributed by atoms with van der Waals surface area (Å²) in [5, 5.41) is 18.0. The summed E-state index contributed by atoms with van der Waals surface area (Å²) in [7, 11) is 0. The molecule has 0 aliphatic carbocycles. The monoisotopic (exact) mass is 263 g/mol. The van der Waals surface area contributed by atoms with Gasteiger partial charge in [-0.3, -0.25) is 4.57 Å². The molecule has 2 heterocycles. The van der Waals surface area contributed by atoms with Gasteiger partial charge in [0.15, 0.2) is 6.23 Å². The first-order valence-electron chi connectivity index (χ1n) is 5.04. The molecule has 4 atom stereocenters. The van der Waals surface area contributed by atoms with E-state index in [4.69, 9.17) is 15.6 Å². The molecule has 0 aromatic carbocycles. The second-order valence-electron chi connectivity index (χ2n) is 3.87. The van der Waals surface area contributed by atoms with E-state index in [2.05, 4.69) is 4.98 Å². The standard InChI is InChI=1S/C9H11F2N3O4/c10-6-7(18-4(3-15)9(6,11)17)14-2-1-5(12)13-8(14)16/h1-2,4,6-7,15,17H,3H2,(H2,12,13,16)/t4-,6+,7-,9-/m1/s1. The molecule has 0 radical (unpaired) electrons. The number of aromatic nitrogens is 2. The van der Waals surface area contributed by atoms with Crippen LogP contribution in [0.25, 0.3) is 0 Å². The summed E-state index contributed by atoms with van der Waals surface area (Å²) in [6.45, 7) is -0.929. The Balaban J connectivity index is 2.38. The van der Waals surface area contributed by atoms with Crippen molar-refractivity contribution >= 4 is 5.82 Å². The van der Waals surface area contributed by atoms with Gasteiger partial charge in [-0.25, -0.2) is 13.6 Å². The van der Waals surface area contributed by atoms with Crippen LogP contribution in [0.1, 0.15) is 6.23 Å². The molecule has 7 nitrogen and oxygen atoms in total. The van der Waals surface area contributed by atoms with Crippen LogP contribution in [0.15, 0.2) is 17.1 Å². The molecule has 1 aliphatic rings. The minimum Gasteiger partial charge on any atom is -0.393 e. The Morgan fingerprint density at radius 1 is 1.67 bits per heavy atom. The predicted molar refractivity (Wildman–Crippen MR) is 54.9 cm³/mol. The molecule has 100 valence electrons. The highest BCUT2D eigenvalue weighted by Gasteiger charge is 2.58. The number of anilines is 1. The van der Waals surface area contributed by atoms with Crippen molar-refractivity contribution in [1.29, 1.82) is 0 Å². The Morgan fingerprint density at radius 2 is 2.33 bits per heavy atom. The van der Waals surface area contributed by atoms with Gasteiger partial charge >= 0.3 is 5.69 Å². The Morgan fingerprint density at radius 3 is 2.83 bits per heavy atom. The summed E-state index contributed by atoms with van der Waals surface area (Å²) in [6, 6.07) is 1.20. The van der Waals surface area contributed by atoms with Gasteiger partial charge in [0, 0.05) is 6.20 Å². The number of rotatable bonds is 2. The highest BCUT2D eigenvalue weighted by Crippen LogP contribution is 2.39. The molecule has 0 spiro atoms. The molecule has 1 aromatic rings. The first-order valence-corrected chi connectivity index (χ1v) is 5.04. The highest BCUT2D eigenvalue weighted by molar-refractivity contribution is 5.23. The average Bonchev–Trinajstić information content (AvgIpc) is 2.52. The van der Waals surface area contributed by atoms with Gasteiger partial charge < -0.3 is 20.7 Å². The average molecular weight is 263 g/mol. The SMILES string of the molecule is Nc1ccn([C@@H]2O[C@H](CO)[C@](O)(F)[C@H]2F)c(=O)n1. The lowest BCUT2D eigenvalue weighted by molar-refractivity contribution is -0.167. The minimum atomic E-state index is -3.37. The van der Waals surface area contributed by atoms with Crippen molar-refractivity contribution in [2.75, 3.05) is 12.3 Å². The van der Waals surface area contributed by atoms with E-state index < -0.39 is 36.7 Å². The van der Waals surface area contributed by atoms with E-state index in [0.29, 0.717) is 4.57 Å². The third kappa shape index (κ3) is 1.85. The van der Waals surface area contributed by atoms with Crippen molar-refractivity contribution in [3.8, 4) is 0 Å². The summed E-state index contributed by atoms with van der Waals surface area (Å²) in [6.07, 6.45) is -4.95. The van der Waals surface area contributed by atoms with Gasteiger partial charge in [-0.15, -0.1) is 0 Å². The topological polar surface area (TPSA) is 111 Å². The van der Waals surface area contributed by atoms with E-state index in [9.17, 15) is 18.7 Å². The second kappa shape index (κ2) is 4.26. The summed E-state index contributed by atoms with van der Waals surface area (Å²) in [5.74, 6) is -3.46. The zero-order valence-electron chi connectivity index (χ0n) is 9.03. The Hall–Kier alpha value is -1.58. The summed E-state index contributed by atoms with van der Waals surface area (Å²) >= 11 is 0. The quantitative estimate of drug-likeness (QED) is 0.612. The van der Waals surface area contributed by atoms with E-state index in [1.165, 1.54) is 6.07 Å². The molecule has 0 saturated carbocycles. The molecule has 9 heteroatoms. The predicted octanol–water partition coefficient (Wildman–Crippen LogP) is -1.29. The van der Waals surface area contributed by atoms with Gasteiger partial charge in [0.05, 0.1) is 6.61 Å². The van der Waals surface area contributed by atoms with Crippen molar-refractivity contribution in [2.24, 2.45) is 0 Å². The fourth-order valence-corrected chi connectivity index (χ4v) is 1.71. The number of hydrogen-bond acceptors (Lipinski definition) is 6. The van der Waals surface area contributed by atoms with Crippen molar-refractivity contribution in [3.05, 3.63) is 22.7 Å². The van der Waals surface area contributed by atoms with Gasteiger partial charge in [-0.05, 0) is 6.07 Å². The number of nitrogens with two attached hydrogens (primary N) is 1. The minimum absolute atomic E-state index is 0.0844. The Labute approximate surface area is 99.4 Å². The molecule has 0 unspecified atom stereocenters. The third-order valence-electron chi connectivity index (χ3n) is 2.68. The largest absolute Gasteiger partial charge is 0.393 e. The number of aliphatic hydroxyl groups is 2. The van der Waals surface area contributed by atoms with Crippen LogP contribution in [0.5, 0.6) is 0 Å². The van der Waals surface area contributed by atoms with E-state index >= 15 is 0 Å². The smallest absolute Gasteiger partial charge is 0.351 e. The van der Waals surface area contributed by atoms with Gasteiger partial charge in [0.1, 0.15) is 11.9 Å². The van der Waals surface area contributed by atoms with Crippen molar-refractivity contribution < 1.29 is 23.7 Å². The summed E-state index contributed by atoms with van der Waals surface area (Å²) < 4.78 is 32.7. The molecular formula is C9H11F2N3O4. The molecule has 0 bridgehead atoms. The number of halogens is 2. The van der Waals surface area contributed by atoms with E-state index in [0.717, 1.165) is 6.20 Å². The molecule has 0 amide bonds.